The summed E-state index contributed by atoms with van der Waals surface area (Å²) in [5, 5.41) is 3.08. The Labute approximate surface area is 87.8 Å². The monoisotopic (exact) mass is 225 g/mol. The van der Waals surface area contributed by atoms with Crippen molar-refractivity contribution in [2.45, 2.75) is 34.1 Å². The maximum absolute atomic E-state index is 10.3. The van der Waals surface area contributed by atoms with E-state index >= 15 is 0 Å². The van der Waals surface area contributed by atoms with Crippen molar-refractivity contribution in [1.82, 2.24) is 5.32 Å². The molecule has 0 unspecified atom stereocenters. The van der Waals surface area contributed by atoms with Crippen LogP contribution in [0.25, 0.3) is 0 Å². The van der Waals surface area contributed by atoms with E-state index in [1.165, 1.54) is 0 Å². The van der Waals surface area contributed by atoms with Crippen molar-refractivity contribution in [3.8, 4) is 0 Å². The van der Waals surface area contributed by atoms with Gasteiger partial charge in [-0.15, -0.1) is 0 Å². The fourth-order valence-electron chi connectivity index (χ4n) is 0.770. The van der Waals surface area contributed by atoms with Crippen LogP contribution in [0.4, 0.5) is 0 Å². The lowest BCUT2D eigenvalue weighted by Crippen LogP contribution is -2.22. The first kappa shape index (κ1) is 16.3. The molecule has 0 aromatic heterocycles. The number of hydrogen-bond acceptors (Lipinski definition) is 3. The molecule has 2 N–H and O–H groups in total. The fraction of sp³-hybridized carbons (Fsp3) is 1.00. The lowest BCUT2D eigenvalue weighted by atomic mass is 10.2. The van der Waals surface area contributed by atoms with Crippen molar-refractivity contribution in [1.29, 1.82) is 0 Å². The van der Waals surface area contributed by atoms with Crippen molar-refractivity contribution in [3.63, 3.8) is 0 Å². The first-order valence-electron chi connectivity index (χ1n) is 5.07. The molecule has 0 aromatic rings. The Kier molecular flexibility index (Phi) is 11.0. The predicted molar refractivity (Wildman–Crippen MR) is 60.1 cm³/mol. The standard InChI is InChI=1S/C7H17NO3S.C2H6/c1-7(2)6-8-4-3-5-12(9,10)11;1-2/h7-8H,3-6H2,1-2H3,(H,9,10,11);1-2H3. The molecule has 0 saturated carbocycles. The summed E-state index contributed by atoms with van der Waals surface area (Å²) < 4.78 is 28.9. The van der Waals surface area contributed by atoms with E-state index in [0.29, 0.717) is 18.9 Å². The van der Waals surface area contributed by atoms with E-state index in [-0.39, 0.29) is 5.75 Å². The first-order chi connectivity index (χ1) is 6.42. The molecule has 0 aliphatic rings. The third-order valence-electron chi connectivity index (χ3n) is 1.31. The van der Waals surface area contributed by atoms with Crippen LogP contribution in [0.3, 0.4) is 0 Å². The molecular weight excluding hydrogens is 202 g/mol. The van der Waals surface area contributed by atoms with Gasteiger partial charge in [-0.2, -0.15) is 8.42 Å². The van der Waals surface area contributed by atoms with Gasteiger partial charge in [0, 0.05) is 0 Å². The number of rotatable bonds is 6. The molecule has 88 valence electrons. The highest BCUT2D eigenvalue weighted by Gasteiger charge is 2.02. The van der Waals surface area contributed by atoms with Crippen LogP contribution in [-0.4, -0.2) is 31.8 Å². The van der Waals surface area contributed by atoms with Gasteiger partial charge in [0.05, 0.1) is 5.75 Å². The van der Waals surface area contributed by atoms with Crippen LogP contribution < -0.4 is 5.32 Å². The van der Waals surface area contributed by atoms with E-state index in [1.807, 2.05) is 13.8 Å². The van der Waals surface area contributed by atoms with E-state index in [2.05, 4.69) is 19.2 Å². The summed E-state index contributed by atoms with van der Waals surface area (Å²) in [4.78, 5) is 0. The van der Waals surface area contributed by atoms with Crippen LogP contribution in [0.5, 0.6) is 0 Å². The van der Waals surface area contributed by atoms with Crippen LogP contribution in [-0.2, 0) is 10.1 Å². The van der Waals surface area contributed by atoms with Gasteiger partial charge < -0.3 is 5.32 Å². The number of hydrogen-bond donors (Lipinski definition) is 2. The molecule has 0 heterocycles. The fourth-order valence-corrected chi connectivity index (χ4v) is 1.28. The summed E-state index contributed by atoms with van der Waals surface area (Å²) in [6.07, 6.45) is 0.464. The molecule has 0 fully saturated rings. The van der Waals surface area contributed by atoms with Gasteiger partial charge in [0.2, 0.25) is 0 Å². The molecule has 0 rings (SSSR count). The van der Waals surface area contributed by atoms with Crippen molar-refractivity contribution in [2.75, 3.05) is 18.8 Å². The van der Waals surface area contributed by atoms with Crippen molar-refractivity contribution >= 4 is 10.1 Å². The molecule has 0 radical (unpaired) electrons. The van der Waals surface area contributed by atoms with Crippen LogP contribution in [0.1, 0.15) is 34.1 Å². The Hall–Kier alpha value is -0.130. The van der Waals surface area contributed by atoms with Crippen LogP contribution in [0.2, 0.25) is 0 Å². The van der Waals surface area contributed by atoms with Gasteiger partial charge in [-0.25, -0.2) is 0 Å². The van der Waals surface area contributed by atoms with Gasteiger partial charge in [0.1, 0.15) is 0 Å². The summed E-state index contributed by atoms with van der Waals surface area (Å²) in [6, 6.07) is 0. The lowest BCUT2D eigenvalue weighted by molar-refractivity contribution is 0.478. The molecule has 4 nitrogen and oxygen atoms in total. The van der Waals surface area contributed by atoms with Gasteiger partial charge in [-0.05, 0) is 25.4 Å². The molecule has 0 aliphatic carbocycles. The van der Waals surface area contributed by atoms with Gasteiger partial charge in [-0.3, -0.25) is 4.55 Å². The second kappa shape index (κ2) is 9.43. The molecule has 0 bridgehead atoms. The minimum atomic E-state index is -3.76. The molecule has 0 atom stereocenters. The summed E-state index contributed by atoms with van der Waals surface area (Å²) in [5.41, 5.74) is 0. The Morgan fingerprint density at radius 3 is 2.14 bits per heavy atom. The van der Waals surface area contributed by atoms with Crippen molar-refractivity contribution < 1.29 is 13.0 Å². The van der Waals surface area contributed by atoms with E-state index in [9.17, 15) is 8.42 Å². The molecular formula is C9H23NO3S. The molecule has 14 heavy (non-hydrogen) atoms. The third kappa shape index (κ3) is 17.8. The molecule has 0 aliphatic heterocycles. The normalized spacial score (nSPS) is 11.0. The topological polar surface area (TPSA) is 66.4 Å². The minimum Gasteiger partial charge on any atom is -0.316 e. The lowest BCUT2D eigenvalue weighted by Gasteiger charge is -2.05. The maximum Gasteiger partial charge on any atom is 0.264 e. The van der Waals surface area contributed by atoms with Gasteiger partial charge in [0.25, 0.3) is 10.1 Å². The Bertz CT molecular complexity index is 200. The summed E-state index contributed by atoms with van der Waals surface area (Å²) in [7, 11) is -3.76. The average Bonchev–Trinajstić information content (AvgIpc) is 2.05. The summed E-state index contributed by atoms with van der Waals surface area (Å²) in [5.74, 6) is 0.411. The smallest absolute Gasteiger partial charge is 0.264 e. The molecule has 5 heteroatoms. The second-order valence-corrected chi connectivity index (χ2v) is 4.81. The van der Waals surface area contributed by atoms with Crippen molar-refractivity contribution in [2.24, 2.45) is 5.92 Å². The van der Waals surface area contributed by atoms with E-state index < -0.39 is 10.1 Å². The zero-order valence-corrected chi connectivity index (χ0v) is 10.4. The summed E-state index contributed by atoms with van der Waals surface area (Å²) >= 11 is 0. The second-order valence-electron chi connectivity index (χ2n) is 3.24. The zero-order valence-electron chi connectivity index (χ0n) is 9.58. The van der Waals surface area contributed by atoms with Crippen molar-refractivity contribution in [3.05, 3.63) is 0 Å². The SMILES string of the molecule is CC.CC(C)CNCCCS(=O)(=O)O. The van der Waals surface area contributed by atoms with Gasteiger partial charge >= 0.3 is 0 Å². The van der Waals surface area contributed by atoms with Gasteiger partial charge in [0.15, 0.2) is 0 Å². The van der Waals surface area contributed by atoms with E-state index in [0.717, 1.165) is 6.54 Å². The Morgan fingerprint density at radius 1 is 1.29 bits per heavy atom. The maximum atomic E-state index is 10.3. The van der Waals surface area contributed by atoms with E-state index in [1.54, 1.807) is 0 Å². The number of nitrogens with one attached hydrogen (secondary N) is 1. The molecule has 0 saturated heterocycles. The quantitative estimate of drug-likeness (QED) is 0.531. The third-order valence-corrected chi connectivity index (χ3v) is 2.11. The molecule has 0 spiro atoms. The highest BCUT2D eigenvalue weighted by molar-refractivity contribution is 7.85. The zero-order chi connectivity index (χ0) is 11.6. The Morgan fingerprint density at radius 2 is 1.79 bits per heavy atom. The first-order valence-corrected chi connectivity index (χ1v) is 6.68. The minimum absolute atomic E-state index is 0.155. The highest BCUT2D eigenvalue weighted by atomic mass is 32.2. The highest BCUT2D eigenvalue weighted by Crippen LogP contribution is 1.89. The predicted octanol–water partition coefficient (Wildman–Crippen LogP) is 1.54. The van der Waals surface area contributed by atoms with Crippen LogP contribution >= 0.6 is 0 Å². The van der Waals surface area contributed by atoms with Crippen LogP contribution in [0, 0.1) is 5.92 Å². The molecule has 0 aromatic carbocycles. The largest absolute Gasteiger partial charge is 0.316 e. The Balaban J connectivity index is 0. The van der Waals surface area contributed by atoms with Gasteiger partial charge in [-0.1, -0.05) is 27.7 Å². The van der Waals surface area contributed by atoms with E-state index in [4.69, 9.17) is 4.55 Å². The van der Waals surface area contributed by atoms with Crippen LogP contribution in [0.15, 0.2) is 0 Å². The molecule has 0 amide bonds. The summed E-state index contributed by atoms with van der Waals surface area (Å²) in [6.45, 7) is 9.68. The average molecular weight is 225 g/mol.